The van der Waals surface area contributed by atoms with Crippen molar-refractivity contribution in [3.8, 4) is 0 Å². The van der Waals surface area contributed by atoms with Crippen LogP contribution in [0.1, 0.15) is 41.7 Å². The SMILES string of the molecule is Cc1noc(C)c1C(C)NCC(O)c1ccccc1Cl. The molecule has 2 N–H and O–H groups in total. The highest BCUT2D eigenvalue weighted by Crippen LogP contribution is 2.24. The number of benzene rings is 1. The number of aliphatic hydroxyl groups is 1. The fourth-order valence-corrected chi connectivity index (χ4v) is 2.62. The van der Waals surface area contributed by atoms with Gasteiger partial charge in [-0.2, -0.15) is 0 Å². The van der Waals surface area contributed by atoms with Crippen LogP contribution in [-0.4, -0.2) is 16.8 Å². The molecule has 1 aromatic carbocycles. The molecule has 0 saturated heterocycles. The Bertz CT molecular complexity index is 564. The molecule has 2 atom stereocenters. The normalized spacial score (nSPS) is 14.2. The zero-order chi connectivity index (χ0) is 14.7. The molecule has 1 heterocycles. The average Bonchev–Trinajstić information content (AvgIpc) is 2.76. The summed E-state index contributed by atoms with van der Waals surface area (Å²) in [6.45, 7) is 6.23. The molecule has 0 saturated carbocycles. The van der Waals surface area contributed by atoms with Crippen molar-refractivity contribution >= 4 is 11.6 Å². The van der Waals surface area contributed by atoms with Crippen LogP contribution < -0.4 is 5.32 Å². The van der Waals surface area contributed by atoms with Gasteiger partial charge >= 0.3 is 0 Å². The van der Waals surface area contributed by atoms with E-state index in [0.29, 0.717) is 11.6 Å². The van der Waals surface area contributed by atoms with Gasteiger partial charge in [0, 0.05) is 28.7 Å². The maximum absolute atomic E-state index is 10.2. The van der Waals surface area contributed by atoms with Crippen LogP contribution in [0.25, 0.3) is 0 Å². The maximum atomic E-state index is 10.2. The van der Waals surface area contributed by atoms with Gasteiger partial charge in [0.25, 0.3) is 0 Å². The van der Waals surface area contributed by atoms with Gasteiger partial charge in [-0.3, -0.25) is 0 Å². The summed E-state index contributed by atoms with van der Waals surface area (Å²) in [4.78, 5) is 0. The molecule has 20 heavy (non-hydrogen) atoms. The summed E-state index contributed by atoms with van der Waals surface area (Å²) in [5.74, 6) is 0.801. The Labute approximate surface area is 123 Å². The minimum atomic E-state index is -0.647. The van der Waals surface area contributed by atoms with Crippen LogP contribution in [0.4, 0.5) is 0 Å². The van der Waals surface area contributed by atoms with Crippen molar-refractivity contribution in [1.82, 2.24) is 10.5 Å². The molecule has 0 radical (unpaired) electrons. The Morgan fingerprint density at radius 2 is 2.05 bits per heavy atom. The van der Waals surface area contributed by atoms with Crippen LogP contribution in [0.2, 0.25) is 5.02 Å². The lowest BCUT2D eigenvalue weighted by molar-refractivity contribution is 0.170. The number of aromatic nitrogens is 1. The second kappa shape index (κ2) is 6.39. The van der Waals surface area contributed by atoms with E-state index < -0.39 is 6.10 Å². The standard InChI is InChI=1S/C15H19ClN2O2/c1-9(15-10(2)18-20-11(15)3)17-8-14(19)12-6-4-5-7-13(12)16/h4-7,9,14,17,19H,8H2,1-3H3. The van der Waals surface area contributed by atoms with E-state index in [-0.39, 0.29) is 6.04 Å². The number of halogens is 1. The Hall–Kier alpha value is -1.36. The minimum absolute atomic E-state index is 0.0541. The van der Waals surface area contributed by atoms with E-state index in [4.69, 9.17) is 16.1 Å². The monoisotopic (exact) mass is 294 g/mol. The highest BCUT2D eigenvalue weighted by atomic mass is 35.5. The van der Waals surface area contributed by atoms with E-state index in [9.17, 15) is 5.11 Å². The van der Waals surface area contributed by atoms with Crippen LogP contribution in [0.3, 0.4) is 0 Å². The first-order chi connectivity index (χ1) is 9.50. The smallest absolute Gasteiger partial charge is 0.138 e. The predicted octanol–water partition coefficient (Wildman–Crippen LogP) is 3.33. The van der Waals surface area contributed by atoms with E-state index in [1.165, 1.54) is 0 Å². The molecule has 4 nitrogen and oxygen atoms in total. The van der Waals surface area contributed by atoms with Crippen LogP contribution in [-0.2, 0) is 0 Å². The molecule has 0 aliphatic rings. The lowest BCUT2D eigenvalue weighted by Gasteiger charge is -2.18. The third-order valence-corrected chi connectivity index (χ3v) is 3.75. The lowest BCUT2D eigenvalue weighted by atomic mass is 10.1. The lowest BCUT2D eigenvalue weighted by Crippen LogP contribution is -2.25. The van der Waals surface area contributed by atoms with Crippen molar-refractivity contribution in [3.63, 3.8) is 0 Å². The first-order valence-corrected chi connectivity index (χ1v) is 6.97. The second-order valence-electron chi connectivity index (χ2n) is 4.91. The van der Waals surface area contributed by atoms with E-state index in [2.05, 4.69) is 10.5 Å². The third kappa shape index (κ3) is 3.20. The number of hydrogen-bond donors (Lipinski definition) is 2. The molecule has 0 aliphatic heterocycles. The number of nitrogens with zero attached hydrogens (tertiary/aromatic N) is 1. The minimum Gasteiger partial charge on any atom is -0.387 e. The van der Waals surface area contributed by atoms with Gasteiger partial charge < -0.3 is 14.9 Å². The summed E-state index contributed by atoms with van der Waals surface area (Å²) in [5.41, 5.74) is 2.64. The largest absolute Gasteiger partial charge is 0.387 e. The molecular formula is C15H19ClN2O2. The van der Waals surface area contributed by atoms with Crippen LogP contribution in [0.5, 0.6) is 0 Å². The third-order valence-electron chi connectivity index (χ3n) is 3.40. The van der Waals surface area contributed by atoms with E-state index in [1.807, 2.05) is 39.0 Å². The van der Waals surface area contributed by atoms with Crippen molar-refractivity contribution in [2.45, 2.75) is 32.9 Å². The zero-order valence-electron chi connectivity index (χ0n) is 11.9. The summed E-state index contributed by atoms with van der Waals surface area (Å²) in [7, 11) is 0. The number of rotatable bonds is 5. The number of aliphatic hydroxyl groups excluding tert-OH is 1. The molecule has 0 spiro atoms. The Morgan fingerprint density at radius 3 is 2.65 bits per heavy atom. The highest BCUT2D eigenvalue weighted by molar-refractivity contribution is 6.31. The molecule has 2 rings (SSSR count). The number of aryl methyl sites for hydroxylation is 2. The molecule has 1 aromatic heterocycles. The molecular weight excluding hydrogens is 276 g/mol. The van der Waals surface area contributed by atoms with Crippen molar-refractivity contribution in [3.05, 3.63) is 51.9 Å². The van der Waals surface area contributed by atoms with Gasteiger partial charge in [0.15, 0.2) is 0 Å². The van der Waals surface area contributed by atoms with Crippen molar-refractivity contribution in [1.29, 1.82) is 0 Å². The zero-order valence-corrected chi connectivity index (χ0v) is 12.6. The Morgan fingerprint density at radius 1 is 1.35 bits per heavy atom. The van der Waals surface area contributed by atoms with Crippen LogP contribution >= 0.6 is 11.6 Å². The topological polar surface area (TPSA) is 58.3 Å². The fraction of sp³-hybridized carbons (Fsp3) is 0.400. The molecule has 2 unspecified atom stereocenters. The van der Waals surface area contributed by atoms with Gasteiger partial charge in [0.2, 0.25) is 0 Å². The van der Waals surface area contributed by atoms with Gasteiger partial charge in [-0.25, -0.2) is 0 Å². The van der Waals surface area contributed by atoms with Gasteiger partial charge in [0.1, 0.15) is 5.76 Å². The summed E-state index contributed by atoms with van der Waals surface area (Å²) in [6, 6.07) is 7.37. The molecule has 108 valence electrons. The average molecular weight is 295 g/mol. The predicted molar refractivity (Wildman–Crippen MR) is 78.8 cm³/mol. The molecule has 0 fully saturated rings. The first kappa shape index (κ1) is 15.0. The quantitative estimate of drug-likeness (QED) is 0.888. The van der Waals surface area contributed by atoms with Crippen molar-refractivity contribution < 1.29 is 9.63 Å². The Balaban J connectivity index is 2.00. The van der Waals surface area contributed by atoms with Crippen molar-refractivity contribution in [2.75, 3.05) is 6.54 Å². The first-order valence-electron chi connectivity index (χ1n) is 6.59. The van der Waals surface area contributed by atoms with Crippen molar-refractivity contribution in [2.24, 2.45) is 0 Å². The van der Waals surface area contributed by atoms with E-state index in [0.717, 1.165) is 22.6 Å². The number of hydrogen-bond acceptors (Lipinski definition) is 4. The molecule has 0 amide bonds. The Kier molecular flexibility index (Phi) is 4.81. The van der Waals surface area contributed by atoms with Gasteiger partial charge in [0.05, 0.1) is 11.8 Å². The fourth-order valence-electron chi connectivity index (χ4n) is 2.35. The van der Waals surface area contributed by atoms with Gasteiger partial charge in [-0.1, -0.05) is 35.0 Å². The summed E-state index contributed by atoms with van der Waals surface area (Å²) in [6.07, 6.45) is -0.647. The van der Waals surface area contributed by atoms with Crippen LogP contribution in [0, 0.1) is 13.8 Å². The maximum Gasteiger partial charge on any atom is 0.138 e. The summed E-state index contributed by atoms with van der Waals surface area (Å²) < 4.78 is 5.15. The second-order valence-corrected chi connectivity index (χ2v) is 5.31. The van der Waals surface area contributed by atoms with Gasteiger partial charge in [-0.05, 0) is 26.8 Å². The molecule has 2 aromatic rings. The molecule has 0 aliphatic carbocycles. The molecule has 0 bridgehead atoms. The van der Waals surface area contributed by atoms with Crippen LogP contribution in [0.15, 0.2) is 28.8 Å². The van der Waals surface area contributed by atoms with Gasteiger partial charge in [-0.15, -0.1) is 0 Å². The summed E-state index contributed by atoms with van der Waals surface area (Å²) in [5, 5.41) is 18.0. The highest BCUT2D eigenvalue weighted by Gasteiger charge is 2.18. The molecule has 5 heteroatoms. The van der Waals surface area contributed by atoms with E-state index >= 15 is 0 Å². The number of nitrogens with one attached hydrogen (secondary N) is 1. The van der Waals surface area contributed by atoms with E-state index in [1.54, 1.807) is 6.07 Å². The summed E-state index contributed by atoms with van der Waals surface area (Å²) >= 11 is 6.07.